The van der Waals surface area contributed by atoms with E-state index in [9.17, 15) is 15.0 Å². The number of para-hydroxylation sites is 2. The van der Waals surface area contributed by atoms with E-state index in [4.69, 9.17) is 23.7 Å². The van der Waals surface area contributed by atoms with E-state index in [1.165, 1.54) is 12.0 Å². The summed E-state index contributed by atoms with van der Waals surface area (Å²) in [5, 5.41) is 22.0. The van der Waals surface area contributed by atoms with Gasteiger partial charge in [0.1, 0.15) is 24.4 Å². The van der Waals surface area contributed by atoms with Crippen molar-refractivity contribution in [3.8, 4) is 11.5 Å². The highest BCUT2D eigenvalue weighted by Gasteiger charge is 2.58. The lowest BCUT2D eigenvalue weighted by molar-refractivity contribution is -0.344. The maximum atomic E-state index is 13.4. The molecule has 2 aromatic carbocycles. The Morgan fingerprint density at radius 2 is 1.76 bits per heavy atom. The Morgan fingerprint density at radius 3 is 2.49 bits per heavy atom. The zero-order valence-electron chi connectivity index (χ0n) is 20.9. The van der Waals surface area contributed by atoms with Crippen molar-refractivity contribution in [2.45, 2.75) is 68.8 Å². The van der Waals surface area contributed by atoms with Crippen LogP contribution in [0.25, 0.3) is 6.08 Å². The average molecular weight is 512 g/mol. The Labute approximate surface area is 216 Å². The Kier molecular flexibility index (Phi) is 7.78. The molecular weight excluding hydrogens is 478 g/mol. The molecule has 5 rings (SSSR count). The van der Waals surface area contributed by atoms with Crippen LogP contribution in [-0.2, 0) is 19.0 Å². The lowest BCUT2D eigenvalue weighted by Gasteiger charge is -2.54. The standard InChI is InChI=1S/C28H33NO8/c1-3-9-22-34-16-21-26(37-22)23(30)24(31)28(36-21)29-18(15-14-17-10-5-4-6-11-17)25(27(29)32)35-20-13-8-7-12-19(20)33-2/h4-8,10-15,18,21-26,28,30-31H,3,9,16H2,1-2H3/b15-14+/t18-,21+,22?,23+,24+,25-,26+,28+/m0/s1. The normalized spacial score (nSPS) is 33.6. The van der Waals surface area contributed by atoms with Gasteiger partial charge < -0.3 is 38.8 Å². The summed E-state index contributed by atoms with van der Waals surface area (Å²) in [5.74, 6) is 0.567. The first-order chi connectivity index (χ1) is 18.0. The Balaban J connectivity index is 1.39. The largest absolute Gasteiger partial charge is 0.493 e. The van der Waals surface area contributed by atoms with Gasteiger partial charge in [0.25, 0.3) is 5.91 Å². The number of β-lactam (4-membered cyclic amide) rings is 1. The van der Waals surface area contributed by atoms with Crippen molar-refractivity contribution >= 4 is 12.0 Å². The summed E-state index contributed by atoms with van der Waals surface area (Å²) in [7, 11) is 1.54. The molecule has 1 unspecified atom stereocenters. The van der Waals surface area contributed by atoms with Crippen LogP contribution in [0.5, 0.6) is 11.5 Å². The number of carbonyl (C=O) groups is 1. The molecule has 3 saturated heterocycles. The van der Waals surface area contributed by atoms with Crippen LogP contribution in [0.15, 0.2) is 60.7 Å². The van der Waals surface area contributed by atoms with E-state index in [0.29, 0.717) is 17.9 Å². The van der Waals surface area contributed by atoms with Crippen LogP contribution in [0.3, 0.4) is 0 Å². The summed E-state index contributed by atoms with van der Waals surface area (Å²) < 4.78 is 29.2. The molecule has 3 aliphatic rings. The number of ether oxygens (including phenoxy) is 5. The highest BCUT2D eigenvalue weighted by atomic mass is 16.7. The smallest absolute Gasteiger partial charge is 0.268 e. The number of likely N-dealkylation sites (tertiary alicyclic amines) is 1. The van der Waals surface area contributed by atoms with Gasteiger partial charge in [-0.05, 0) is 24.1 Å². The maximum absolute atomic E-state index is 13.4. The second-order valence-corrected chi connectivity index (χ2v) is 9.39. The van der Waals surface area contributed by atoms with E-state index in [-0.39, 0.29) is 12.5 Å². The molecule has 0 bridgehead atoms. The average Bonchev–Trinajstić information content (AvgIpc) is 2.93. The van der Waals surface area contributed by atoms with Crippen molar-refractivity contribution in [3.63, 3.8) is 0 Å². The van der Waals surface area contributed by atoms with E-state index in [1.54, 1.807) is 18.2 Å². The van der Waals surface area contributed by atoms with E-state index < -0.39 is 49.1 Å². The van der Waals surface area contributed by atoms with E-state index in [2.05, 4.69) is 0 Å². The van der Waals surface area contributed by atoms with Crippen LogP contribution in [0.4, 0.5) is 0 Å². The third kappa shape index (κ3) is 5.10. The second kappa shape index (κ2) is 11.2. The van der Waals surface area contributed by atoms with Gasteiger partial charge in [0.15, 0.2) is 24.0 Å². The summed E-state index contributed by atoms with van der Waals surface area (Å²) in [6.45, 7) is 2.21. The number of amides is 1. The van der Waals surface area contributed by atoms with Gasteiger partial charge in [-0.2, -0.15) is 0 Å². The summed E-state index contributed by atoms with van der Waals surface area (Å²) in [6, 6.07) is 16.2. The molecule has 2 N–H and O–H groups in total. The minimum absolute atomic E-state index is 0.198. The zero-order valence-corrected chi connectivity index (χ0v) is 20.9. The Bertz CT molecular complexity index is 1090. The van der Waals surface area contributed by atoms with Gasteiger partial charge in [-0.3, -0.25) is 4.79 Å². The molecule has 198 valence electrons. The number of nitrogens with zero attached hydrogens (tertiary/aromatic N) is 1. The van der Waals surface area contributed by atoms with Gasteiger partial charge in [-0.1, -0.05) is 68.0 Å². The van der Waals surface area contributed by atoms with E-state index in [0.717, 1.165) is 12.0 Å². The molecule has 9 nitrogen and oxygen atoms in total. The number of rotatable bonds is 8. The predicted molar refractivity (Wildman–Crippen MR) is 134 cm³/mol. The van der Waals surface area contributed by atoms with Crippen LogP contribution >= 0.6 is 0 Å². The predicted octanol–water partition coefficient (Wildman–Crippen LogP) is 2.36. The minimum atomic E-state index is -1.37. The van der Waals surface area contributed by atoms with Crippen molar-refractivity contribution in [1.29, 1.82) is 0 Å². The quantitative estimate of drug-likeness (QED) is 0.521. The molecule has 0 saturated carbocycles. The summed E-state index contributed by atoms with van der Waals surface area (Å²) in [5.41, 5.74) is 0.944. The summed E-state index contributed by atoms with van der Waals surface area (Å²) >= 11 is 0. The number of fused-ring (bicyclic) bond motifs is 1. The zero-order chi connectivity index (χ0) is 25.9. The molecule has 3 heterocycles. The minimum Gasteiger partial charge on any atom is -0.493 e. The molecule has 0 aromatic heterocycles. The third-order valence-corrected chi connectivity index (χ3v) is 6.95. The van der Waals surface area contributed by atoms with Gasteiger partial charge in [-0.25, -0.2) is 0 Å². The fraction of sp³-hybridized carbons (Fsp3) is 0.464. The Hall–Kier alpha value is -2.95. The molecule has 3 aliphatic heterocycles. The van der Waals surface area contributed by atoms with Crippen LogP contribution in [0.2, 0.25) is 0 Å². The van der Waals surface area contributed by atoms with Gasteiger partial charge in [0.2, 0.25) is 6.10 Å². The molecule has 9 heteroatoms. The molecule has 0 spiro atoms. The third-order valence-electron chi connectivity index (χ3n) is 6.95. The molecule has 0 aliphatic carbocycles. The SMILES string of the molecule is CCCC1OC[C@H]2O[C@@H](N3C(=O)[C@@H](Oc4ccccc4OC)[C@@H]3/C=C/c3ccccc3)[C@H](O)[C@@H](O)[C@@H]2O1. The number of aliphatic hydroxyl groups is 2. The second-order valence-electron chi connectivity index (χ2n) is 9.39. The summed E-state index contributed by atoms with van der Waals surface area (Å²) in [6.07, 6.45) is -1.14. The number of hydrogen-bond acceptors (Lipinski definition) is 8. The van der Waals surface area contributed by atoms with Crippen LogP contribution in [-0.4, -0.2) is 83.8 Å². The molecule has 2 aromatic rings. The van der Waals surface area contributed by atoms with Crippen molar-refractivity contribution in [3.05, 3.63) is 66.2 Å². The maximum Gasteiger partial charge on any atom is 0.268 e. The van der Waals surface area contributed by atoms with Crippen LogP contribution < -0.4 is 9.47 Å². The van der Waals surface area contributed by atoms with Crippen molar-refractivity contribution in [2.75, 3.05) is 13.7 Å². The van der Waals surface area contributed by atoms with E-state index in [1.807, 2.05) is 55.5 Å². The molecular formula is C28H33NO8. The van der Waals surface area contributed by atoms with Crippen LogP contribution in [0.1, 0.15) is 25.3 Å². The van der Waals surface area contributed by atoms with Crippen LogP contribution in [0, 0.1) is 0 Å². The number of methoxy groups -OCH3 is 1. The number of carbonyl (C=O) groups excluding carboxylic acids is 1. The number of hydrogen-bond donors (Lipinski definition) is 2. The van der Waals surface area contributed by atoms with Crippen molar-refractivity contribution < 1.29 is 38.7 Å². The molecule has 1 amide bonds. The highest BCUT2D eigenvalue weighted by molar-refractivity contribution is 5.90. The van der Waals surface area contributed by atoms with Gasteiger partial charge >= 0.3 is 0 Å². The topological polar surface area (TPSA) is 107 Å². The van der Waals surface area contributed by atoms with E-state index >= 15 is 0 Å². The fourth-order valence-corrected chi connectivity index (χ4v) is 5.00. The monoisotopic (exact) mass is 511 g/mol. The first-order valence-corrected chi connectivity index (χ1v) is 12.7. The van der Waals surface area contributed by atoms with Crippen molar-refractivity contribution in [2.24, 2.45) is 0 Å². The molecule has 0 radical (unpaired) electrons. The number of benzene rings is 2. The van der Waals surface area contributed by atoms with Gasteiger partial charge in [0, 0.05) is 0 Å². The Morgan fingerprint density at radius 1 is 1.03 bits per heavy atom. The summed E-state index contributed by atoms with van der Waals surface area (Å²) in [4.78, 5) is 14.8. The molecule has 3 fully saturated rings. The van der Waals surface area contributed by atoms with Gasteiger partial charge in [0.05, 0.1) is 19.8 Å². The first kappa shape index (κ1) is 25.7. The van der Waals surface area contributed by atoms with Crippen molar-refractivity contribution in [1.82, 2.24) is 4.90 Å². The highest BCUT2D eigenvalue weighted by Crippen LogP contribution is 2.38. The number of aliphatic hydroxyl groups excluding tert-OH is 2. The van der Waals surface area contributed by atoms with Gasteiger partial charge in [-0.15, -0.1) is 0 Å². The molecule has 8 atom stereocenters. The first-order valence-electron chi connectivity index (χ1n) is 12.7. The lowest BCUT2D eigenvalue weighted by atomic mass is 9.90. The fourth-order valence-electron chi connectivity index (χ4n) is 5.00. The lowest BCUT2D eigenvalue weighted by Crippen LogP contribution is -2.75. The molecule has 37 heavy (non-hydrogen) atoms.